The van der Waals surface area contributed by atoms with Crippen molar-refractivity contribution in [3.63, 3.8) is 0 Å². The number of hydrogen-bond donors (Lipinski definition) is 1. The summed E-state index contributed by atoms with van der Waals surface area (Å²) in [7, 11) is -3.52. The number of anilines is 1. The van der Waals surface area contributed by atoms with Gasteiger partial charge in [0.25, 0.3) is 0 Å². The van der Waals surface area contributed by atoms with Gasteiger partial charge in [0.05, 0.1) is 17.1 Å². The fraction of sp³-hybridized carbons (Fsp3) is 0.545. The molecule has 0 atom stereocenters. The molecule has 0 bridgehead atoms. The molecule has 1 aliphatic heterocycles. The molecule has 1 aliphatic rings. The number of sulfonamides is 1. The lowest BCUT2D eigenvalue weighted by Crippen LogP contribution is -2.50. The maximum Gasteiger partial charge on any atom is 0.243 e. The molecule has 1 saturated heterocycles. The molecule has 0 aliphatic carbocycles. The summed E-state index contributed by atoms with van der Waals surface area (Å²) in [5.74, 6) is 0.198. The summed E-state index contributed by atoms with van der Waals surface area (Å²) >= 11 is 0. The van der Waals surface area contributed by atoms with Gasteiger partial charge in [0.1, 0.15) is 5.82 Å². The number of pyridine rings is 1. The molecule has 1 aromatic rings. The number of nitrogen functional groups attached to an aromatic ring is 1. The average Bonchev–Trinajstić information content (AvgIpc) is 2.27. The van der Waals surface area contributed by atoms with Crippen molar-refractivity contribution in [3.05, 3.63) is 18.3 Å². The number of hydrogen-bond acceptors (Lipinski definition) is 5. The molecule has 0 aromatic carbocycles. The van der Waals surface area contributed by atoms with Crippen LogP contribution in [-0.4, -0.2) is 43.0 Å². The molecule has 100 valence electrons. The molecule has 18 heavy (non-hydrogen) atoms. The van der Waals surface area contributed by atoms with Crippen molar-refractivity contribution in [2.24, 2.45) is 0 Å². The Morgan fingerprint density at radius 1 is 1.50 bits per heavy atom. The van der Waals surface area contributed by atoms with Crippen LogP contribution in [0.1, 0.15) is 13.8 Å². The lowest BCUT2D eigenvalue weighted by molar-refractivity contribution is -0.0640. The standard InChI is InChI=1S/C11H17N3O3S/c1-11(2)8-14(5-6-17-11)18(15,16)9-3-4-13-10(12)7-9/h3-4,7H,5-6,8H2,1-2H3,(H2,12,13). The van der Waals surface area contributed by atoms with Crippen molar-refractivity contribution in [2.45, 2.75) is 24.3 Å². The van der Waals surface area contributed by atoms with E-state index in [0.29, 0.717) is 19.7 Å². The highest BCUT2D eigenvalue weighted by atomic mass is 32.2. The Hall–Kier alpha value is -1.18. The zero-order valence-electron chi connectivity index (χ0n) is 10.5. The Bertz CT molecular complexity index is 542. The predicted molar refractivity (Wildman–Crippen MR) is 67.4 cm³/mol. The van der Waals surface area contributed by atoms with Crippen LogP contribution in [0.5, 0.6) is 0 Å². The third kappa shape index (κ3) is 2.63. The lowest BCUT2D eigenvalue weighted by Gasteiger charge is -2.37. The van der Waals surface area contributed by atoms with Crippen LogP contribution < -0.4 is 5.73 Å². The largest absolute Gasteiger partial charge is 0.384 e. The molecule has 0 amide bonds. The maximum absolute atomic E-state index is 12.4. The second-order valence-corrected chi connectivity index (χ2v) is 6.80. The fourth-order valence-electron chi connectivity index (χ4n) is 1.92. The van der Waals surface area contributed by atoms with Crippen molar-refractivity contribution >= 4 is 15.8 Å². The third-order valence-corrected chi connectivity index (χ3v) is 4.62. The van der Waals surface area contributed by atoms with E-state index in [2.05, 4.69) is 4.98 Å². The maximum atomic E-state index is 12.4. The molecular formula is C11H17N3O3S. The van der Waals surface area contributed by atoms with Crippen LogP contribution in [0.15, 0.2) is 23.2 Å². The second-order valence-electron chi connectivity index (χ2n) is 4.86. The van der Waals surface area contributed by atoms with Crippen LogP contribution in [-0.2, 0) is 14.8 Å². The van der Waals surface area contributed by atoms with E-state index < -0.39 is 15.6 Å². The molecule has 2 N–H and O–H groups in total. The van der Waals surface area contributed by atoms with Gasteiger partial charge in [0.15, 0.2) is 0 Å². The van der Waals surface area contributed by atoms with Gasteiger partial charge in [-0.3, -0.25) is 0 Å². The summed E-state index contributed by atoms with van der Waals surface area (Å²) in [5.41, 5.74) is 5.05. The monoisotopic (exact) mass is 271 g/mol. The number of morpholine rings is 1. The minimum Gasteiger partial charge on any atom is -0.384 e. The number of nitrogens with zero attached hydrogens (tertiary/aromatic N) is 2. The van der Waals surface area contributed by atoms with Crippen molar-refractivity contribution in [1.29, 1.82) is 0 Å². The third-order valence-electron chi connectivity index (χ3n) is 2.78. The molecule has 1 aromatic heterocycles. The minimum absolute atomic E-state index is 0.174. The molecule has 6 nitrogen and oxygen atoms in total. The van der Waals surface area contributed by atoms with Crippen LogP contribution in [0.25, 0.3) is 0 Å². The number of ether oxygens (including phenoxy) is 1. The van der Waals surface area contributed by atoms with Gasteiger partial charge in [-0.25, -0.2) is 13.4 Å². The van der Waals surface area contributed by atoms with E-state index in [4.69, 9.17) is 10.5 Å². The van der Waals surface area contributed by atoms with E-state index in [9.17, 15) is 8.42 Å². The highest BCUT2D eigenvalue weighted by Crippen LogP contribution is 2.23. The number of aromatic nitrogens is 1. The van der Waals surface area contributed by atoms with Gasteiger partial charge in [-0.05, 0) is 19.9 Å². The molecular weight excluding hydrogens is 254 g/mol. The summed E-state index contributed by atoms with van der Waals surface area (Å²) in [4.78, 5) is 3.97. The molecule has 0 radical (unpaired) electrons. The smallest absolute Gasteiger partial charge is 0.243 e. The van der Waals surface area contributed by atoms with Crippen molar-refractivity contribution in [3.8, 4) is 0 Å². The zero-order chi connectivity index (χ0) is 13.4. The van der Waals surface area contributed by atoms with Gasteiger partial charge in [0.2, 0.25) is 10.0 Å². The van der Waals surface area contributed by atoms with Gasteiger partial charge < -0.3 is 10.5 Å². The summed E-state index contributed by atoms with van der Waals surface area (Å²) in [6.07, 6.45) is 1.40. The van der Waals surface area contributed by atoms with Gasteiger partial charge in [-0.1, -0.05) is 0 Å². The van der Waals surface area contributed by atoms with E-state index >= 15 is 0 Å². The first-order valence-corrected chi connectivity index (χ1v) is 7.11. The van der Waals surface area contributed by atoms with E-state index in [1.807, 2.05) is 13.8 Å². The Labute approximate surface area is 107 Å². The Morgan fingerprint density at radius 3 is 2.83 bits per heavy atom. The minimum atomic E-state index is -3.52. The quantitative estimate of drug-likeness (QED) is 0.844. The molecule has 2 rings (SSSR count). The molecule has 0 unspecified atom stereocenters. The second kappa shape index (κ2) is 4.49. The van der Waals surface area contributed by atoms with Crippen LogP contribution >= 0.6 is 0 Å². The van der Waals surface area contributed by atoms with Crippen LogP contribution in [0, 0.1) is 0 Å². The molecule has 0 spiro atoms. The first-order chi connectivity index (χ1) is 8.31. The van der Waals surface area contributed by atoms with Crippen LogP contribution in [0.3, 0.4) is 0 Å². The summed E-state index contributed by atoms with van der Waals surface area (Å²) < 4.78 is 31.8. The first-order valence-electron chi connectivity index (χ1n) is 5.67. The lowest BCUT2D eigenvalue weighted by atomic mass is 10.1. The molecule has 0 saturated carbocycles. The predicted octanol–water partition coefficient (Wildman–Crippen LogP) is 0.463. The Kier molecular flexibility index (Phi) is 3.31. The van der Waals surface area contributed by atoms with Crippen LogP contribution in [0.2, 0.25) is 0 Å². The van der Waals surface area contributed by atoms with Crippen molar-refractivity contribution < 1.29 is 13.2 Å². The van der Waals surface area contributed by atoms with Gasteiger partial charge in [-0.2, -0.15) is 4.31 Å². The van der Waals surface area contributed by atoms with Crippen LogP contribution in [0.4, 0.5) is 5.82 Å². The van der Waals surface area contributed by atoms with E-state index in [1.165, 1.54) is 22.6 Å². The van der Waals surface area contributed by atoms with E-state index in [0.717, 1.165) is 0 Å². The topological polar surface area (TPSA) is 85.5 Å². The summed E-state index contributed by atoms with van der Waals surface area (Å²) in [5, 5.41) is 0. The molecule has 7 heteroatoms. The Morgan fingerprint density at radius 2 is 2.22 bits per heavy atom. The summed E-state index contributed by atoms with van der Waals surface area (Å²) in [6.45, 7) is 4.82. The van der Waals surface area contributed by atoms with Crippen molar-refractivity contribution in [1.82, 2.24) is 9.29 Å². The highest BCUT2D eigenvalue weighted by Gasteiger charge is 2.34. The Balaban J connectivity index is 2.31. The zero-order valence-corrected chi connectivity index (χ0v) is 11.3. The van der Waals surface area contributed by atoms with Gasteiger partial charge in [-0.15, -0.1) is 0 Å². The average molecular weight is 271 g/mol. The van der Waals surface area contributed by atoms with Gasteiger partial charge >= 0.3 is 0 Å². The number of rotatable bonds is 2. The first kappa shape index (κ1) is 13.3. The molecule has 2 heterocycles. The normalized spacial score (nSPS) is 20.8. The van der Waals surface area contributed by atoms with E-state index in [1.54, 1.807) is 0 Å². The SMILES string of the molecule is CC1(C)CN(S(=O)(=O)c2ccnc(N)c2)CCO1. The van der Waals surface area contributed by atoms with Gasteiger partial charge in [0, 0.05) is 25.4 Å². The fourth-order valence-corrected chi connectivity index (χ4v) is 3.51. The number of nitrogens with two attached hydrogens (primary N) is 1. The summed E-state index contributed by atoms with van der Waals surface area (Å²) in [6, 6.07) is 2.83. The highest BCUT2D eigenvalue weighted by molar-refractivity contribution is 7.89. The van der Waals surface area contributed by atoms with E-state index in [-0.39, 0.29) is 10.7 Å². The molecule has 1 fully saturated rings. The van der Waals surface area contributed by atoms with Crippen molar-refractivity contribution in [2.75, 3.05) is 25.4 Å².